The molecule has 1 aliphatic heterocycles. The number of benzene rings is 2. The molecule has 0 aliphatic carbocycles. The van der Waals surface area contributed by atoms with Crippen molar-refractivity contribution in [2.45, 2.75) is 18.2 Å². The Balaban J connectivity index is 1.47. The normalized spacial score (nSPS) is 13.2. The molecule has 0 saturated carbocycles. The van der Waals surface area contributed by atoms with E-state index in [2.05, 4.69) is 9.71 Å². The quantitative estimate of drug-likeness (QED) is 0.650. The third-order valence-electron chi connectivity index (χ3n) is 4.56. The number of amides is 1. The van der Waals surface area contributed by atoms with E-state index in [0.717, 1.165) is 16.8 Å². The molecule has 0 bridgehead atoms. The van der Waals surface area contributed by atoms with Crippen molar-refractivity contribution in [3.63, 3.8) is 0 Å². The number of rotatable bonds is 6. The Kier molecular flexibility index (Phi) is 5.25. The lowest BCUT2D eigenvalue weighted by Crippen LogP contribution is -2.33. The van der Waals surface area contributed by atoms with Crippen molar-refractivity contribution >= 4 is 38.1 Å². The zero-order valence-corrected chi connectivity index (χ0v) is 17.3. The molecule has 1 amide bonds. The highest BCUT2D eigenvalue weighted by Gasteiger charge is 2.27. The van der Waals surface area contributed by atoms with Crippen molar-refractivity contribution in [1.82, 2.24) is 4.98 Å². The fraction of sp³-hybridized carbons (Fsp3) is 0.200. The van der Waals surface area contributed by atoms with E-state index in [1.165, 1.54) is 23.6 Å². The average molecular weight is 430 g/mol. The number of fused-ring (bicyclic) bond motifs is 1. The largest absolute Gasteiger partial charge is 0.484 e. The standard InChI is InChI=1S/C20H19N3O4S2/c1-14-3-2-4-16(11-14)27-13-19(24)23-9-7-15-12-17(5-6-18(15)23)29(25,26)22-20-21-8-10-28-20/h2-6,8,10-12H,7,9,13H2,1H3,(H,21,22). The van der Waals surface area contributed by atoms with Crippen LogP contribution in [-0.2, 0) is 21.2 Å². The summed E-state index contributed by atoms with van der Waals surface area (Å²) in [5.74, 6) is 0.481. The number of nitrogens with zero attached hydrogens (tertiary/aromatic N) is 2. The van der Waals surface area contributed by atoms with Gasteiger partial charge in [0.2, 0.25) is 0 Å². The molecule has 9 heteroatoms. The van der Waals surface area contributed by atoms with Crippen molar-refractivity contribution in [2.24, 2.45) is 0 Å². The van der Waals surface area contributed by atoms with E-state index >= 15 is 0 Å². The van der Waals surface area contributed by atoms with Crippen molar-refractivity contribution in [3.05, 3.63) is 65.2 Å². The number of hydrogen-bond acceptors (Lipinski definition) is 6. The first-order valence-electron chi connectivity index (χ1n) is 8.97. The van der Waals surface area contributed by atoms with E-state index in [-0.39, 0.29) is 17.4 Å². The van der Waals surface area contributed by atoms with Crippen LogP contribution in [-0.4, -0.2) is 32.5 Å². The van der Waals surface area contributed by atoms with Gasteiger partial charge in [0, 0.05) is 23.8 Å². The predicted molar refractivity (Wildman–Crippen MR) is 112 cm³/mol. The van der Waals surface area contributed by atoms with Crippen LogP contribution >= 0.6 is 11.3 Å². The van der Waals surface area contributed by atoms with E-state index in [4.69, 9.17) is 4.74 Å². The van der Waals surface area contributed by atoms with Crippen LogP contribution in [0.25, 0.3) is 0 Å². The predicted octanol–water partition coefficient (Wildman–Crippen LogP) is 3.22. The lowest BCUT2D eigenvalue weighted by Gasteiger charge is -2.18. The fourth-order valence-corrected chi connectivity index (χ4v) is 5.02. The summed E-state index contributed by atoms with van der Waals surface area (Å²) >= 11 is 1.21. The number of aryl methyl sites for hydroxylation is 1. The van der Waals surface area contributed by atoms with Crippen molar-refractivity contribution in [1.29, 1.82) is 0 Å². The number of aromatic nitrogens is 1. The summed E-state index contributed by atoms with van der Waals surface area (Å²) in [5, 5.41) is 2.01. The molecule has 0 unspecified atom stereocenters. The molecule has 0 saturated heterocycles. The van der Waals surface area contributed by atoms with E-state index in [0.29, 0.717) is 23.8 Å². The van der Waals surface area contributed by atoms with Gasteiger partial charge in [-0.2, -0.15) is 0 Å². The van der Waals surface area contributed by atoms with Gasteiger partial charge in [-0.05, 0) is 54.8 Å². The van der Waals surface area contributed by atoms with Crippen LogP contribution in [0.1, 0.15) is 11.1 Å². The van der Waals surface area contributed by atoms with Crippen LogP contribution in [0.15, 0.2) is 58.9 Å². The van der Waals surface area contributed by atoms with Gasteiger partial charge in [0.1, 0.15) is 5.75 Å². The van der Waals surface area contributed by atoms with Crippen molar-refractivity contribution in [2.75, 3.05) is 22.8 Å². The molecule has 1 N–H and O–H groups in total. The van der Waals surface area contributed by atoms with Gasteiger partial charge in [0.05, 0.1) is 4.90 Å². The zero-order valence-electron chi connectivity index (χ0n) is 15.7. The molecule has 150 valence electrons. The molecule has 3 aromatic rings. The average Bonchev–Trinajstić information content (AvgIpc) is 3.35. The van der Waals surface area contributed by atoms with Gasteiger partial charge in [0.15, 0.2) is 11.7 Å². The maximum Gasteiger partial charge on any atom is 0.264 e. The summed E-state index contributed by atoms with van der Waals surface area (Å²) in [6, 6.07) is 12.3. The molecule has 2 aromatic carbocycles. The highest BCUT2D eigenvalue weighted by atomic mass is 32.2. The molecule has 29 heavy (non-hydrogen) atoms. The Morgan fingerprint density at radius 2 is 2.14 bits per heavy atom. The molecule has 0 fully saturated rings. The molecule has 4 rings (SSSR count). The Bertz CT molecular complexity index is 1140. The summed E-state index contributed by atoms with van der Waals surface area (Å²) in [6.07, 6.45) is 2.12. The molecule has 1 aliphatic rings. The van der Waals surface area contributed by atoms with Crippen LogP contribution in [0.4, 0.5) is 10.8 Å². The number of anilines is 2. The number of hydrogen-bond donors (Lipinski definition) is 1. The molecule has 0 spiro atoms. The molecule has 0 atom stereocenters. The Labute approximate surface area is 173 Å². The number of carbonyl (C=O) groups excluding carboxylic acids is 1. The van der Waals surface area contributed by atoms with Gasteiger partial charge in [-0.1, -0.05) is 12.1 Å². The zero-order chi connectivity index (χ0) is 20.4. The second-order valence-corrected chi connectivity index (χ2v) is 9.21. The van der Waals surface area contributed by atoms with E-state index in [1.807, 2.05) is 31.2 Å². The summed E-state index contributed by atoms with van der Waals surface area (Å²) in [4.78, 5) is 18.4. The summed E-state index contributed by atoms with van der Waals surface area (Å²) in [5.41, 5.74) is 2.59. The van der Waals surface area contributed by atoms with Crippen LogP contribution in [0.2, 0.25) is 0 Å². The van der Waals surface area contributed by atoms with E-state index in [9.17, 15) is 13.2 Å². The third-order valence-corrected chi connectivity index (χ3v) is 6.72. The molecule has 0 radical (unpaired) electrons. The summed E-state index contributed by atoms with van der Waals surface area (Å²) in [7, 11) is -3.72. The smallest absolute Gasteiger partial charge is 0.264 e. The second-order valence-electron chi connectivity index (χ2n) is 6.63. The maximum atomic E-state index is 12.6. The van der Waals surface area contributed by atoms with Crippen LogP contribution < -0.4 is 14.4 Å². The van der Waals surface area contributed by atoms with Crippen molar-refractivity contribution in [3.8, 4) is 5.75 Å². The lowest BCUT2D eigenvalue weighted by molar-refractivity contribution is -0.120. The SMILES string of the molecule is Cc1cccc(OCC(=O)N2CCc3cc(S(=O)(=O)Nc4nccs4)ccc32)c1. The van der Waals surface area contributed by atoms with Gasteiger partial charge in [-0.3, -0.25) is 9.52 Å². The lowest BCUT2D eigenvalue weighted by atomic mass is 10.2. The molecule has 1 aromatic heterocycles. The first-order chi connectivity index (χ1) is 13.9. The van der Waals surface area contributed by atoms with Gasteiger partial charge >= 0.3 is 0 Å². The maximum absolute atomic E-state index is 12.6. The first-order valence-corrected chi connectivity index (χ1v) is 11.3. The fourth-order valence-electron chi connectivity index (χ4n) is 3.18. The summed E-state index contributed by atoms with van der Waals surface area (Å²) in [6.45, 7) is 2.38. The topological polar surface area (TPSA) is 88.6 Å². The van der Waals surface area contributed by atoms with Crippen LogP contribution in [0, 0.1) is 6.92 Å². The first kappa shape index (κ1) is 19.4. The Morgan fingerprint density at radius 3 is 2.90 bits per heavy atom. The minimum absolute atomic E-state index is 0.0749. The third kappa shape index (κ3) is 4.25. The number of sulfonamides is 1. The van der Waals surface area contributed by atoms with Gasteiger partial charge in [-0.15, -0.1) is 11.3 Å². The number of thiazole rings is 1. The highest BCUT2D eigenvalue weighted by molar-refractivity contribution is 7.93. The second kappa shape index (κ2) is 7.84. The number of ether oxygens (including phenoxy) is 1. The minimum Gasteiger partial charge on any atom is -0.484 e. The number of carbonyl (C=O) groups is 1. The van der Waals surface area contributed by atoms with E-state index in [1.54, 1.807) is 22.4 Å². The summed E-state index contributed by atoms with van der Waals surface area (Å²) < 4.78 is 33.2. The van der Waals surface area contributed by atoms with Gasteiger partial charge in [-0.25, -0.2) is 13.4 Å². The minimum atomic E-state index is -3.72. The Morgan fingerprint density at radius 1 is 1.28 bits per heavy atom. The van der Waals surface area contributed by atoms with Crippen molar-refractivity contribution < 1.29 is 17.9 Å². The van der Waals surface area contributed by atoms with E-state index < -0.39 is 10.0 Å². The van der Waals surface area contributed by atoms with Crippen LogP contribution in [0.5, 0.6) is 5.75 Å². The molecule has 7 nitrogen and oxygen atoms in total. The number of nitrogens with one attached hydrogen (secondary N) is 1. The molecule has 2 heterocycles. The van der Waals surface area contributed by atoms with Gasteiger partial charge in [0.25, 0.3) is 15.9 Å². The molecular formula is C20H19N3O4S2. The Hall–Kier alpha value is -2.91. The highest BCUT2D eigenvalue weighted by Crippen LogP contribution is 2.31. The van der Waals surface area contributed by atoms with Crippen LogP contribution in [0.3, 0.4) is 0 Å². The molecular weight excluding hydrogens is 410 g/mol. The monoisotopic (exact) mass is 429 g/mol. The van der Waals surface area contributed by atoms with Gasteiger partial charge < -0.3 is 9.64 Å².